The zero-order valence-corrected chi connectivity index (χ0v) is 12.7. The summed E-state index contributed by atoms with van der Waals surface area (Å²) in [5.74, 6) is -0.585. The molecule has 0 spiro atoms. The lowest BCUT2D eigenvalue weighted by Crippen LogP contribution is -2.26. The Hall–Kier alpha value is -1.85. The minimum absolute atomic E-state index is 0.274. The van der Waals surface area contributed by atoms with E-state index in [4.69, 9.17) is 9.47 Å². The number of hydrogen-bond acceptors (Lipinski definition) is 5. The fraction of sp³-hybridized carbons (Fsp3) is 0.643. The third-order valence-corrected chi connectivity index (χ3v) is 2.95. The van der Waals surface area contributed by atoms with Crippen LogP contribution in [0, 0.1) is 12.8 Å². The normalized spacial score (nSPS) is 12.3. The second kappa shape index (κ2) is 7.07. The molecule has 112 valence electrons. The lowest BCUT2D eigenvalue weighted by atomic mass is 10.0. The van der Waals surface area contributed by atoms with Crippen molar-refractivity contribution in [2.75, 3.05) is 13.7 Å². The maximum absolute atomic E-state index is 12.0. The number of rotatable bonds is 6. The van der Waals surface area contributed by atoms with Gasteiger partial charge in [-0.2, -0.15) is 0 Å². The molecule has 1 rings (SSSR count). The van der Waals surface area contributed by atoms with E-state index in [-0.39, 0.29) is 18.5 Å². The number of esters is 2. The van der Waals surface area contributed by atoms with Crippen LogP contribution in [-0.2, 0) is 14.3 Å². The van der Waals surface area contributed by atoms with Crippen LogP contribution in [-0.4, -0.2) is 35.2 Å². The summed E-state index contributed by atoms with van der Waals surface area (Å²) in [5, 5.41) is 0. The van der Waals surface area contributed by atoms with Crippen LogP contribution in [0.4, 0.5) is 0 Å². The molecule has 0 radical (unpaired) electrons. The number of imidazole rings is 1. The van der Waals surface area contributed by atoms with Crippen LogP contribution in [0.3, 0.4) is 0 Å². The Morgan fingerprint density at radius 2 is 2.05 bits per heavy atom. The molecule has 6 heteroatoms. The fourth-order valence-corrected chi connectivity index (χ4v) is 2.05. The van der Waals surface area contributed by atoms with Gasteiger partial charge in [-0.1, -0.05) is 13.8 Å². The third kappa shape index (κ3) is 3.59. The molecule has 6 nitrogen and oxygen atoms in total. The Kier molecular flexibility index (Phi) is 5.73. The van der Waals surface area contributed by atoms with Crippen molar-refractivity contribution in [2.45, 2.75) is 40.2 Å². The van der Waals surface area contributed by atoms with Crippen LogP contribution in [0.25, 0.3) is 0 Å². The van der Waals surface area contributed by atoms with Gasteiger partial charge in [0, 0.05) is 0 Å². The number of nitrogens with zero attached hydrogens (tertiary/aromatic N) is 2. The molecule has 0 N–H and O–H groups in total. The van der Waals surface area contributed by atoms with Crippen molar-refractivity contribution in [3.8, 4) is 0 Å². The molecule has 1 aromatic heterocycles. The standard InChI is InChI=1S/C14H22N2O4/c1-6-20-14(18)12-10(4)15-8-16(12)11(7-9(2)3)13(17)19-5/h8-9,11H,6-7H2,1-5H3/t11-/m0/s1. The smallest absolute Gasteiger partial charge is 0.356 e. The number of aromatic nitrogens is 2. The molecule has 0 aliphatic rings. The molecule has 0 saturated heterocycles. The summed E-state index contributed by atoms with van der Waals surface area (Å²) in [6.07, 6.45) is 2.06. The van der Waals surface area contributed by atoms with Crippen LogP contribution in [0.2, 0.25) is 0 Å². The Bertz CT molecular complexity index is 480. The number of aryl methyl sites for hydroxylation is 1. The van der Waals surface area contributed by atoms with Gasteiger partial charge in [0.05, 0.1) is 25.7 Å². The van der Waals surface area contributed by atoms with E-state index in [1.54, 1.807) is 18.4 Å². The lowest BCUT2D eigenvalue weighted by Gasteiger charge is -2.20. The number of hydrogen-bond donors (Lipinski definition) is 0. The number of carbonyl (C=O) groups is 2. The molecule has 0 saturated carbocycles. The molecule has 1 aromatic rings. The minimum atomic E-state index is -0.569. The highest BCUT2D eigenvalue weighted by atomic mass is 16.5. The first-order chi connectivity index (χ1) is 9.42. The molecule has 20 heavy (non-hydrogen) atoms. The summed E-state index contributed by atoms with van der Waals surface area (Å²) in [6, 6.07) is -0.569. The molecule has 0 aromatic carbocycles. The molecule has 0 aliphatic heterocycles. The molecule has 1 heterocycles. The van der Waals surface area contributed by atoms with Crippen molar-refractivity contribution in [1.82, 2.24) is 9.55 Å². The predicted molar refractivity (Wildman–Crippen MR) is 73.4 cm³/mol. The molecule has 0 amide bonds. The van der Waals surface area contributed by atoms with Gasteiger partial charge in [0.2, 0.25) is 0 Å². The van der Waals surface area contributed by atoms with E-state index in [1.807, 2.05) is 13.8 Å². The first kappa shape index (κ1) is 16.2. The van der Waals surface area contributed by atoms with Gasteiger partial charge in [-0.15, -0.1) is 0 Å². The minimum Gasteiger partial charge on any atom is -0.467 e. The largest absolute Gasteiger partial charge is 0.467 e. The number of ether oxygens (including phenoxy) is 2. The Morgan fingerprint density at radius 1 is 1.40 bits per heavy atom. The summed E-state index contributed by atoms with van der Waals surface area (Å²) in [7, 11) is 1.34. The van der Waals surface area contributed by atoms with Gasteiger partial charge in [-0.05, 0) is 26.2 Å². The monoisotopic (exact) mass is 282 g/mol. The van der Waals surface area contributed by atoms with Crippen LogP contribution in [0.5, 0.6) is 0 Å². The van der Waals surface area contributed by atoms with Crippen molar-refractivity contribution >= 4 is 11.9 Å². The van der Waals surface area contributed by atoms with E-state index in [0.29, 0.717) is 17.8 Å². The molecular formula is C14H22N2O4. The number of carbonyl (C=O) groups excluding carboxylic acids is 2. The molecule has 1 atom stereocenters. The maximum Gasteiger partial charge on any atom is 0.356 e. The summed E-state index contributed by atoms with van der Waals surface area (Å²) in [5.41, 5.74) is 0.851. The highest BCUT2D eigenvalue weighted by Crippen LogP contribution is 2.23. The summed E-state index contributed by atoms with van der Waals surface area (Å²) < 4.78 is 11.4. The van der Waals surface area contributed by atoms with Gasteiger partial charge in [-0.3, -0.25) is 0 Å². The first-order valence-corrected chi connectivity index (χ1v) is 6.70. The predicted octanol–water partition coefficient (Wildman–Crippen LogP) is 2.13. The van der Waals surface area contributed by atoms with Gasteiger partial charge < -0.3 is 14.0 Å². The van der Waals surface area contributed by atoms with Crippen molar-refractivity contribution in [2.24, 2.45) is 5.92 Å². The summed E-state index contributed by atoms with van der Waals surface area (Å²) in [6.45, 7) is 7.73. The quantitative estimate of drug-likeness (QED) is 0.747. The first-order valence-electron chi connectivity index (χ1n) is 6.70. The van der Waals surface area contributed by atoms with Crippen LogP contribution >= 0.6 is 0 Å². The zero-order chi connectivity index (χ0) is 15.3. The molecule has 0 unspecified atom stereocenters. The van der Waals surface area contributed by atoms with Crippen molar-refractivity contribution in [1.29, 1.82) is 0 Å². The third-order valence-electron chi connectivity index (χ3n) is 2.95. The van der Waals surface area contributed by atoms with E-state index in [0.717, 1.165) is 0 Å². The van der Waals surface area contributed by atoms with Gasteiger partial charge in [0.25, 0.3) is 0 Å². The lowest BCUT2D eigenvalue weighted by molar-refractivity contribution is -0.145. The molecule has 0 bridgehead atoms. The van der Waals surface area contributed by atoms with Crippen molar-refractivity contribution in [3.05, 3.63) is 17.7 Å². The maximum atomic E-state index is 12.0. The van der Waals surface area contributed by atoms with Gasteiger partial charge in [0.1, 0.15) is 6.04 Å². The SMILES string of the molecule is CCOC(=O)c1c(C)ncn1[C@@H](CC(C)C)C(=O)OC. The van der Waals surface area contributed by atoms with Crippen LogP contribution in [0.15, 0.2) is 6.33 Å². The topological polar surface area (TPSA) is 70.4 Å². The summed E-state index contributed by atoms with van der Waals surface area (Å²) in [4.78, 5) is 28.1. The second-order valence-electron chi connectivity index (χ2n) is 4.97. The zero-order valence-electron chi connectivity index (χ0n) is 12.7. The van der Waals surface area contributed by atoms with E-state index >= 15 is 0 Å². The average Bonchev–Trinajstić information content (AvgIpc) is 2.77. The van der Waals surface area contributed by atoms with Crippen LogP contribution in [0.1, 0.15) is 49.4 Å². The van der Waals surface area contributed by atoms with Crippen molar-refractivity contribution < 1.29 is 19.1 Å². The highest BCUT2D eigenvalue weighted by molar-refractivity contribution is 5.89. The second-order valence-corrected chi connectivity index (χ2v) is 4.97. The van der Waals surface area contributed by atoms with E-state index in [2.05, 4.69) is 4.98 Å². The Morgan fingerprint density at radius 3 is 2.55 bits per heavy atom. The van der Waals surface area contributed by atoms with Gasteiger partial charge in [0.15, 0.2) is 5.69 Å². The fourth-order valence-electron chi connectivity index (χ4n) is 2.05. The Balaban J connectivity index is 3.20. The number of methoxy groups -OCH3 is 1. The summed E-state index contributed by atoms with van der Waals surface area (Å²) >= 11 is 0. The molecule has 0 aliphatic carbocycles. The average molecular weight is 282 g/mol. The molecular weight excluding hydrogens is 260 g/mol. The van der Waals surface area contributed by atoms with Crippen LogP contribution < -0.4 is 0 Å². The van der Waals surface area contributed by atoms with E-state index < -0.39 is 12.0 Å². The highest BCUT2D eigenvalue weighted by Gasteiger charge is 2.28. The van der Waals surface area contributed by atoms with E-state index in [9.17, 15) is 9.59 Å². The Labute approximate surface area is 119 Å². The van der Waals surface area contributed by atoms with Crippen molar-refractivity contribution in [3.63, 3.8) is 0 Å². The van der Waals surface area contributed by atoms with Gasteiger partial charge >= 0.3 is 11.9 Å². The van der Waals surface area contributed by atoms with E-state index in [1.165, 1.54) is 13.4 Å². The van der Waals surface area contributed by atoms with Gasteiger partial charge in [-0.25, -0.2) is 14.6 Å². The molecule has 0 fully saturated rings.